The average Bonchev–Trinajstić information content (AvgIpc) is 2.32. The molecule has 0 unspecified atom stereocenters. The number of carboxylic acid groups (broad SMARTS) is 1. The van der Waals surface area contributed by atoms with Crippen LogP contribution in [-0.4, -0.2) is 40.3 Å². The van der Waals surface area contributed by atoms with Gasteiger partial charge in [-0.1, -0.05) is 12.1 Å². The number of nitrogen functional groups attached to an aromatic ring is 1. The van der Waals surface area contributed by atoms with E-state index in [9.17, 15) is 15.0 Å². The summed E-state index contributed by atoms with van der Waals surface area (Å²) in [5.74, 6) is -0.986. The molecule has 0 bridgehead atoms. The lowest BCUT2D eigenvalue weighted by Crippen LogP contribution is -2.35. The molecule has 18 heavy (non-hydrogen) atoms. The second-order valence-corrected chi connectivity index (χ2v) is 4.69. The van der Waals surface area contributed by atoms with Crippen LogP contribution >= 0.6 is 0 Å². The minimum Gasteiger partial charge on any atom is -0.478 e. The number of hydrogen-bond donors (Lipinski definition) is 3. The highest BCUT2D eigenvalue weighted by atomic mass is 16.4. The maximum Gasteiger partial charge on any atom is 0.338 e. The number of nitrogens with zero attached hydrogens (tertiary/aromatic N) is 1. The van der Waals surface area contributed by atoms with Crippen LogP contribution in [0.2, 0.25) is 0 Å². The Balaban J connectivity index is 2.14. The molecule has 2 rings (SSSR count). The number of piperidine rings is 1. The second-order valence-electron chi connectivity index (χ2n) is 4.69. The van der Waals surface area contributed by atoms with Gasteiger partial charge in [0.05, 0.1) is 11.7 Å². The summed E-state index contributed by atoms with van der Waals surface area (Å²) < 4.78 is 0. The number of benzene rings is 1. The first-order valence-corrected chi connectivity index (χ1v) is 6.09. The van der Waals surface area contributed by atoms with E-state index in [0.717, 1.165) is 31.5 Å². The minimum absolute atomic E-state index is 0.198. The predicted octanol–water partition coefficient (Wildman–Crippen LogP) is 0.924. The Hall–Kier alpha value is -1.59. The number of likely N-dealkylation sites (tertiary alicyclic amines) is 1. The third kappa shape index (κ3) is 2.80. The standard InChI is InChI=1S/C13H18N2O3/c14-11-3-1-2-9(12(11)13(17)18)8-15-6-4-10(16)5-7-15/h1-3,10,16H,4-8,14H2,(H,17,18). The lowest BCUT2D eigenvalue weighted by molar-refractivity contribution is 0.0684. The van der Waals surface area contributed by atoms with Crippen molar-refractivity contribution in [2.24, 2.45) is 0 Å². The Morgan fingerprint density at radius 1 is 1.39 bits per heavy atom. The van der Waals surface area contributed by atoms with E-state index >= 15 is 0 Å². The average molecular weight is 250 g/mol. The smallest absolute Gasteiger partial charge is 0.338 e. The number of rotatable bonds is 3. The number of aliphatic hydroxyl groups excluding tert-OH is 1. The number of nitrogens with two attached hydrogens (primary N) is 1. The van der Waals surface area contributed by atoms with Gasteiger partial charge in [-0.3, -0.25) is 4.90 Å². The van der Waals surface area contributed by atoms with Crippen molar-refractivity contribution in [2.45, 2.75) is 25.5 Å². The van der Waals surface area contributed by atoms with Crippen LogP contribution in [0.3, 0.4) is 0 Å². The third-order valence-corrected chi connectivity index (χ3v) is 3.35. The predicted molar refractivity (Wildman–Crippen MR) is 68.3 cm³/mol. The van der Waals surface area contributed by atoms with Gasteiger partial charge in [-0.2, -0.15) is 0 Å². The molecule has 0 atom stereocenters. The number of carboxylic acids is 1. The molecule has 1 aromatic rings. The Kier molecular flexibility index (Phi) is 3.84. The first-order chi connectivity index (χ1) is 8.58. The van der Waals surface area contributed by atoms with E-state index in [1.165, 1.54) is 0 Å². The van der Waals surface area contributed by atoms with E-state index in [-0.39, 0.29) is 11.7 Å². The first-order valence-electron chi connectivity index (χ1n) is 6.09. The quantitative estimate of drug-likeness (QED) is 0.694. The summed E-state index contributed by atoms with van der Waals surface area (Å²) >= 11 is 0. The third-order valence-electron chi connectivity index (χ3n) is 3.35. The van der Waals surface area contributed by atoms with Gasteiger partial charge >= 0.3 is 5.97 Å². The lowest BCUT2D eigenvalue weighted by atomic mass is 10.0. The SMILES string of the molecule is Nc1cccc(CN2CCC(O)CC2)c1C(=O)O. The van der Waals surface area contributed by atoms with E-state index in [4.69, 9.17) is 5.73 Å². The fourth-order valence-corrected chi connectivity index (χ4v) is 2.33. The molecule has 98 valence electrons. The molecular weight excluding hydrogens is 232 g/mol. The highest BCUT2D eigenvalue weighted by Crippen LogP contribution is 2.20. The summed E-state index contributed by atoms with van der Waals surface area (Å²) in [6, 6.07) is 5.17. The normalized spacial score (nSPS) is 17.8. The zero-order chi connectivity index (χ0) is 13.1. The van der Waals surface area contributed by atoms with Crippen LogP contribution in [0.25, 0.3) is 0 Å². The molecule has 0 aromatic heterocycles. The summed E-state index contributed by atoms with van der Waals surface area (Å²) in [6.07, 6.45) is 1.26. The first kappa shape index (κ1) is 12.9. The van der Waals surface area contributed by atoms with Gasteiger partial charge < -0.3 is 15.9 Å². The largest absolute Gasteiger partial charge is 0.478 e. The molecule has 5 heteroatoms. The van der Waals surface area contributed by atoms with Crippen molar-refractivity contribution < 1.29 is 15.0 Å². The van der Waals surface area contributed by atoms with Crippen LogP contribution in [0.1, 0.15) is 28.8 Å². The van der Waals surface area contributed by atoms with Crippen LogP contribution in [0, 0.1) is 0 Å². The number of anilines is 1. The molecule has 0 aliphatic carbocycles. The molecule has 1 fully saturated rings. The molecule has 5 nitrogen and oxygen atoms in total. The molecular formula is C13H18N2O3. The summed E-state index contributed by atoms with van der Waals surface area (Å²) in [4.78, 5) is 13.3. The van der Waals surface area contributed by atoms with Crippen molar-refractivity contribution in [3.63, 3.8) is 0 Å². The van der Waals surface area contributed by atoms with E-state index in [1.807, 2.05) is 0 Å². The highest BCUT2D eigenvalue weighted by Gasteiger charge is 2.20. The van der Waals surface area contributed by atoms with Crippen LogP contribution in [0.5, 0.6) is 0 Å². The number of carbonyl (C=O) groups is 1. The van der Waals surface area contributed by atoms with Gasteiger partial charge in [0, 0.05) is 25.3 Å². The molecule has 1 aromatic carbocycles. The number of aliphatic hydroxyl groups is 1. The lowest BCUT2D eigenvalue weighted by Gasteiger charge is -2.29. The van der Waals surface area contributed by atoms with Crippen molar-refractivity contribution >= 4 is 11.7 Å². The maximum absolute atomic E-state index is 11.2. The van der Waals surface area contributed by atoms with Crippen LogP contribution in [-0.2, 0) is 6.54 Å². The summed E-state index contributed by atoms with van der Waals surface area (Å²) in [7, 11) is 0. The maximum atomic E-state index is 11.2. The van der Waals surface area contributed by atoms with Gasteiger partial charge in [0.1, 0.15) is 0 Å². The van der Waals surface area contributed by atoms with Gasteiger partial charge in [0.2, 0.25) is 0 Å². The van der Waals surface area contributed by atoms with Crippen LogP contribution in [0.4, 0.5) is 5.69 Å². The fourth-order valence-electron chi connectivity index (χ4n) is 2.33. The summed E-state index contributed by atoms with van der Waals surface area (Å²) in [6.45, 7) is 2.14. The molecule has 0 spiro atoms. The van der Waals surface area contributed by atoms with Gasteiger partial charge in [-0.05, 0) is 24.5 Å². The van der Waals surface area contributed by atoms with E-state index in [2.05, 4.69) is 4.90 Å². The van der Waals surface area contributed by atoms with Crippen molar-refractivity contribution in [1.82, 2.24) is 4.90 Å². The Morgan fingerprint density at radius 2 is 2.06 bits per heavy atom. The topological polar surface area (TPSA) is 86.8 Å². The van der Waals surface area contributed by atoms with Gasteiger partial charge in [0.25, 0.3) is 0 Å². The van der Waals surface area contributed by atoms with Crippen molar-refractivity contribution in [2.75, 3.05) is 18.8 Å². The van der Waals surface area contributed by atoms with Crippen molar-refractivity contribution in [1.29, 1.82) is 0 Å². The van der Waals surface area contributed by atoms with Crippen molar-refractivity contribution in [3.8, 4) is 0 Å². The van der Waals surface area contributed by atoms with Crippen LogP contribution < -0.4 is 5.73 Å². The van der Waals surface area contributed by atoms with E-state index < -0.39 is 5.97 Å². The number of aromatic carboxylic acids is 1. The molecule has 1 aliphatic heterocycles. The van der Waals surface area contributed by atoms with Crippen molar-refractivity contribution in [3.05, 3.63) is 29.3 Å². The minimum atomic E-state index is -0.986. The fraction of sp³-hybridized carbons (Fsp3) is 0.462. The molecule has 0 amide bonds. The monoisotopic (exact) mass is 250 g/mol. The van der Waals surface area contributed by atoms with E-state index in [0.29, 0.717) is 12.2 Å². The van der Waals surface area contributed by atoms with E-state index in [1.54, 1.807) is 18.2 Å². The zero-order valence-corrected chi connectivity index (χ0v) is 10.2. The van der Waals surface area contributed by atoms with Crippen LogP contribution in [0.15, 0.2) is 18.2 Å². The molecule has 0 radical (unpaired) electrons. The zero-order valence-electron chi connectivity index (χ0n) is 10.2. The molecule has 0 saturated carbocycles. The molecule has 1 saturated heterocycles. The molecule has 4 N–H and O–H groups in total. The second kappa shape index (κ2) is 5.37. The Labute approximate surface area is 106 Å². The highest BCUT2D eigenvalue weighted by molar-refractivity contribution is 5.95. The van der Waals surface area contributed by atoms with Gasteiger partial charge in [0.15, 0.2) is 0 Å². The summed E-state index contributed by atoms with van der Waals surface area (Å²) in [5, 5.41) is 18.6. The molecule has 1 aliphatic rings. The Morgan fingerprint density at radius 3 is 2.67 bits per heavy atom. The molecule has 1 heterocycles. The summed E-state index contributed by atoms with van der Waals surface area (Å²) in [5.41, 5.74) is 6.95. The van der Waals surface area contributed by atoms with Gasteiger partial charge in [-0.15, -0.1) is 0 Å². The number of hydrogen-bond acceptors (Lipinski definition) is 4. The van der Waals surface area contributed by atoms with Gasteiger partial charge in [-0.25, -0.2) is 4.79 Å². The Bertz CT molecular complexity index is 440.